The second-order valence-corrected chi connectivity index (χ2v) is 4.77. The molecule has 0 fully saturated rings. The van der Waals surface area contributed by atoms with E-state index in [-0.39, 0.29) is 23.4 Å². The molecule has 21 heavy (non-hydrogen) atoms. The molecule has 0 spiro atoms. The minimum atomic E-state index is -0.485. The molecule has 0 radical (unpaired) electrons. The molecule has 0 unspecified atom stereocenters. The number of nitrogen functional groups attached to an aromatic ring is 1. The van der Waals surface area contributed by atoms with Crippen LogP contribution < -0.4 is 16.9 Å². The molecule has 0 amide bonds. The van der Waals surface area contributed by atoms with Gasteiger partial charge in [-0.1, -0.05) is 12.1 Å². The molecule has 3 rings (SSSR count). The molecule has 1 aromatic heterocycles. The standard InChI is InChI=1S/C15H12FN3O2/c16-10-5-9(6-11(17)7-10)8-19-15(21)13-4-2-1-3-12(13)14(20)18-19/h1-7H,8,17H2,(H,18,20). The Hall–Kier alpha value is -2.89. The SMILES string of the molecule is Nc1cc(F)cc(Cn2[nH]c(=O)c3ccccc3c2=O)c1. The molecule has 0 bridgehead atoms. The molecule has 0 aliphatic carbocycles. The average Bonchev–Trinajstić information content (AvgIpc) is 2.43. The predicted octanol–water partition coefficient (Wildman–Crippen LogP) is 1.46. The molecule has 0 saturated heterocycles. The van der Waals surface area contributed by atoms with E-state index < -0.39 is 5.82 Å². The van der Waals surface area contributed by atoms with Gasteiger partial charge in [0.1, 0.15) is 5.82 Å². The molecule has 2 aromatic carbocycles. The Morgan fingerprint density at radius 1 is 1.10 bits per heavy atom. The first kappa shape index (κ1) is 13.1. The molecular weight excluding hydrogens is 273 g/mol. The monoisotopic (exact) mass is 285 g/mol. The highest BCUT2D eigenvalue weighted by Crippen LogP contribution is 2.11. The molecule has 0 saturated carbocycles. The first-order valence-corrected chi connectivity index (χ1v) is 6.31. The van der Waals surface area contributed by atoms with Crippen molar-refractivity contribution in [2.75, 3.05) is 5.73 Å². The topological polar surface area (TPSA) is 80.9 Å². The fraction of sp³-hybridized carbons (Fsp3) is 0.0667. The van der Waals surface area contributed by atoms with Crippen molar-refractivity contribution in [3.8, 4) is 0 Å². The van der Waals surface area contributed by atoms with Gasteiger partial charge in [0.05, 0.1) is 17.3 Å². The van der Waals surface area contributed by atoms with Crippen molar-refractivity contribution in [1.29, 1.82) is 0 Å². The molecule has 106 valence electrons. The van der Waals surface area contributed by atoms with Crippen molar-refractivity contribution in [3.05, 3.63) is 74.6 Å². The molecular formula is C15H12FN3O2. The molecule has 5 nitrogen and oxygen atoms in total. The number of aromatic amines is 1. The van der Waals surface area contributed by atoms with Crippen LogP contribution in [-0.4, -0.2) is 9.78 Å². The summed E-state index contributed by atoms with van der Waals surface area (Å²) in [7, 11) is 0. The van der Waals surface area contributed by atoms with E-state index >= 15 is 0 Å². The zero-order chi connectivity index (χ0) is 15.0. The van der Waals surface area contributed by atoms with Crippen LogP contribution in [0.5, 0.6) is 0 Å². The second-order valence-electron chi connectivity index (χ2n) is 4.77. The summed E-state index contributed by atoms with van der Waals surface area (Å²) >= 11 is 0. The van der Waals surface area contributed by atoms with E-state index in [1.807, 2.05) is 0 Å². The van der Waals surface area contributed by atoms with Gasteiger partial charge in [-0.15, -0.1) is 0 Å². The maximum atomic E-state index is 13.3. The van der Waals surface area contributed by atoms with E-state index in [9.17, 15) is 14.0 Å². The number of H-pyrrole nitrogens is 1. The highest BCUT2D eigenvalue weighted by molar-refractivity contribution is 5.80. The Labute approximate surface area is 118 Å². The normalized spacial score (nSPS) is 10.9. The maximum absolute atomic E-state index is 13.3. The number of anilines is 1. The summed E-state index contributed by atoms with van der Waals surface area (Å²) in [5, 5.41) is 3.15. The molecule has 0 aliphatic heterocycles. The molecule has 0 atom stereocenters. The van der Waals surface area contributed by atoms with Gasteiger partial charge in [0.2, 0.25) is 0 Å². The lowest BCUT2D eigenvalue weighted by atomic mass is 10.2. The van der Waals surface area contributed by atoms with Gasteiger partial charge >= 0.3 is 0 Å². The van der Waals surface area contributed by atoms with E-state index in [1.54, 1.807) is 30.3 Å². The lowest BCUT2D eigenvalue weighted by molar-refractivity contribution is 0.610. The maximum Gasteiger partial charge on any atom is 0.273 e. The van der Waals surface area contributed by atoms with Crippen LogP contribution in [0.2, 0.25) is 0 Å². The third kappa shape index (κ3) is 2.43. The van der Waals surface area contributed by atoms with Crippen LogP contribution in [0.3, 0.4) is 0 Å². The fourth-order valence-electron chi connectivity index (χ4n) is 2.31. The third-order valence-electron chi connectivity index (χ3n) is 3.20. The average molecular weight is 285 g/mol. The van der Waals surface area contributed by atoms with Gasteiger partial charge in [-0.3, -0.25) is 14.7 Å². The number of nitrogens with one attached hydrogen (secondary N) is 1. The molecule has 1 heterocycles. The molecule has 6 heteroatoms. The van der Waals surface area contributed by atoms with Gasteiger partial charge in [-0.05, 0) is 35.9 Å². The lowest BCUT2D eigenvalue weighted by Crippen LogP contribution is -2.30. The number of hydrogen-bond acceptors (Lipinski definition) is 3. The number of halogens is 1. The minimum absolute atomic E-state index is 0.0425. The Kier molecular flexibility index (Phi) is 3.06. The number of rotatable bonds is 2. The molecule has 3 aromatic rings. The van der Waals surface area contributed by atoms with E-state index in [1.165, 1.54) is 12.1 Å². The fourth-order valence-corrected chi connectivity index (χ4v) is 2.31. The summed E-state index contributed by atoms with van der Waals surface area (Å²) in [4.78, 5) is 24.3. The number of nitrogens with zero attached hydrogens (tertiary/aromatic N) is 1. The summed E-state index contributed by atoms with van der Waals surface area (Å²) in [6, 6.07) is 10.6. The summed E-state index contributed by atoms with van der Waals surface area (Å²) in [6.45, 7) is 0.0425. The van der Waals surface area contributed by atoms with Gasteiger partial charge in [0.25, 0.3) is 11.1 Å². The second kappa shape index (κ2) is 4.90. The zero-order valence-electron chi connectivity index (χ0n) is 11.0. The van der Waals surface area contributed by atoms with Gasteiger partial charge in [-0.2, -0.15) is 0 Å². The van der Waals surface area contributed by atoms with Gasteiger partial charge in [0.15, 0.2) is 0 Å². The number of hydrogen-bond donors (Lipinski definition) is 2. The number of aromatic nitrogens is 2. The lowest BCUT2D eigenvalue weighted by Gasteiger charge is -2.08. The van der Waals surface area contributed by atoms with Crippen LogP contribution in [0.4, 0.5) is 10.1 Å². The smallest absolute Gasteiger partial charge is 0.273 e. The first-order chi connectivity index (χ1) is 10.0. The van der Waals surface area contributed by atoms with Crippen LogP contribution in [0.25, 0.3) is 10.8 Å². The number of benzene rings is 2. The van der Waals surface area contributed by atoms with Crippen molar-refractivity contribution in [2.24, 2.45) is 0 Å². The van der Waals surface area contributed by atoms with Crippen LogP contribution >= 0.6 is 0 Å². The van der Waals surface area contributed by atoms with Crippen molar-refractivity contribution >= 4 is 16.5 Å². The van der Waals surface area contributed by atoms with Crippen molar-refractivity contribution < 1.29 is 4.39 Å². The van der Waals surface area contributed by atoms with Gasteiger partial charge < -0.3 is 5.73 Å². The number of fused-ring (bicyclic) bond motifs is 1. The third-order valence-corrected chi connectivity index (χ3v) is 3.20. The van der Waals surface area contributed by atoms with E-state index in [0.29, 0.717) is 16.3 Å². The Morgan fingerprint density at radius 3 is 2.52 bits per heavy atom. The predicted molar refractivity (Wildman–Crippen MR) is 78.7 cm³/mol. The molecule has 0 aliphatic rings. The van der Waals surface area contributed by atoms with E-state index in [4.69, 9.17) is 5.73 Å². The first-order valence-electron chi connectivity index (χ1n) is 6.31. The quantitative estimate of drug-likeness (QED) is 0.699. The Morgan fingerprint density at radius 2 is 1.81 bits per heavy atom. The van der Waals surface area contributed by atoms with Crippen molar-refractivity contribution in [2.45, 2.75) is 6.54 Å². The largest absolute Gasteiger partial charge is 0.399 e. The van der Waals surface area contributed by atoms with Crippen LogP contribution in [0.15, 0.2) is 52.1 Å². The Balaban J connectivity index is 2.15. The van der Waals surface area contributed by atoms with Gasteiger partial charge in [0, 0.05) is 5.69 Å². The van der Waals surface area contributed by atoms with Gasteiger partial charge in [-0.25, -0.2) is 9.07 Å². The summed E-state index contributed by atoms with van der Waals surface area (Å²) in [5.41, 5.74) is 5.63. The Bertz CT molecular complexity index is 923. The van der Waals surface area contributed by atoms with Crippen molar-refractivity contribution in [1.82, 2.24) is 9.78 Å². The van der Waals surface area contributed by atoms with Crippen LogP contribution in [-0.2, 0) is 6.54 Å². The van der Waals surface area contributed by atoms with Crippen LogP contribution in [0, 0.1) is 5.82 Å². The number of nitrogens with two attached hydrogens (primary N) is 1. The van der Waals surface area contributed by atoms with E-state index in [0.717, 1.165) is 4.68 Å². The highest BCUT2D eigenvalue weighted by atomic mass is 19.1. The molecule has 3 N–H and O–H groups in total. The van der Waals surface area contributed by atoms with Crippen molar-refractivity contribution in [3.63, 3.8) is 0 Å². The van der Waals surface area contributed by atoms with Crippen LogP contribution in [0.1, 0.15) is 5.56 Å². The van der Waals surface area contributed by atoms with E-state index in [2.05, 4.69) is 5.10 Å². The summed E-state index contributed by atoms with van der Waals surface area (Å²) in [5.74, 6) is -0.485. The highest BCUT2D eigenvalue weighted by Gasteiger charge is 2.07. The summed E-state index contributed by atoms with van der Waals surface area (Å²) < 4.78 is 14.5. The zero-order valence-corrected chi connectivity index (χ0v) is 11.0. The minimum Gasteiger partial charge on any atom is -0.399 e. The summed E-state index contributed by atoms with van der Waals surface area (Å²) in [6.07, 6.45) is 0.